The van der Waals surface area contributed by atoms with Gasteiger partial charge in [0.2, 0.25) is 5.82 Å². The van der Waals surface area contributed by atoms with Crippen molar-refractivity contribution in [3.63, 3.8) is 0 Å². The molecule has 2 aromatic carbocycles. The number of nitrogens with zero attached hydrogens (tertiary/aromatic N) is 2. The average molecular weight is 456 g/mol. The third-order valence-electron chi connectivity index (χ3n) is 4.18. The van der Waals surface area contributed by atoms with Crippen molar-refractivity contribution in [1.29, 1.82) is 0 Å². The Morgan fingerprint density at radius 3 is 2.09 bits per heavy atom. The number of hydrogen-bond acceptors (Lipinski definition) is 6. The highest BCUT2D eigenvalue weighted by Gasteiger charge is 2.36. The van der Waals surface area contributed by atoms with Crippen molar-refractivity contribution < 1.29 is 45.8 Å². The van der Waals surface area contributed by atoms with Gasteiger partial charge in [-0.1, -0.05) is 18.2 Å². The Bertz CT molecular complexity index is 1180. The second-order valence-electron chi connectivity index (χ2n) is 6.09. The van der Waals surface area contributed by atoms with Crippen LogP contribution in [0.2, 0.25) is 0 Å². The second kappa shape index (κ2) is 8.65. The number of halogens is 5. The molecule has 7 nitrogen and oxygen atoms in total. The lowest BCUT2D eigenvalue weighted by atomic mass is 10.0. The molecule has 3 rings (SSSR count). The summed E-state index contributed by atoms with van der Waals surface area (Å²) in [6, 6.07) is 9.06. The molecule has 0 spiro atoms. The van der Waals surface area contributed by atoms with Crippen LogP contribution in [-0.2, 0) is 9.47 Å². The highest BCUT2D eigenvalue weighted by molar-refractivity contribution is 6.06. The smallest absolute Gasteiger partial charge is 0.465 e. The molecule has 3 aromatic rings. The molecule has 0 N–H and O–H groups in total. The van der Waals surface area contributed by atoms with Gasteiger partial charge >= 0.3 is 18.3 Å². The third kappa shape index (κ3) is 4.24. The first kappa shape index (κ1) is 22.7. The van der Waals surface area contributed by atoms with E-state index in [1.165, 1.54) is 12.1 Å². The molecule has 32 heavy (non-hydrogen) atoms. The molecule has 0 saturated heterocycles. The Morgan fingerprint density at radius 1 is 0.906 bits per heavy atom. The zero-order chi connectivity index (χ0) is 23.6. The van der Waals surface area contributed by atoms with Gasteiger partial charge in [0.15, 0.2) is 17.3 Å². The fourth-order valence-corrected chi connectivity index (χ4v) is 2.86. The number of esters is 2. The van der Waals surface area contributed by atoms with E-state index < -0.39 is 58.2 Å². The molecule has 0 radical (unpaired) electrons. The first-order valence-electron chi connectivity index (χ1n) is 8.68. The van der Waals surface area contributed by atoms with E-state index in [2.05, 4.69) is 14.6 Å². The highest BCUT2D eigenvalue weighted by atomic mass is 19.4. The zero-order valence-electron chi connectivity index (χ0n) is 16.4. The maximum atomic E-state index is 14.8. The number of alkyl halides is 3. The quantitative estimate of drug-likeness (QED) is 0.421. The summed E-state index contributed by atoms with van der Waals surface area (Å²) in [7, 11) is 2.00. The van der Waals surface area contributed by atoms with Crippen LogP contribution >= 0.6 is 0 Å². The van der Waals surface area contributed by atoms with Crippen LogP contribution in [0.5, 0.6) is 5.75 Å². The molecular formula is C20H13F5N2O5. The van der Waals surface area contributed by atoms with Crippen molar-refractivity contribution in [2.24, 2.45) is 0 Å². The number of para-hydroxylation sites is 1. The minimum atomic E-state index is -5.26. The normalized spacial score (nSPS) is 11.2. The Hall–Kier alpha value is -3.96. The Kier molecular flexibility index (Phi) is 6.14. The largest absolute Gasteiger partial charge is 0.573 e. The van der Waals surface area contributed by atoms with Crippen LogP contribution in [0.15, 0.2) is 42.5 Å². The summed E-state index contributed by atoms with van der Waals surface area (Å²) in [6.45, 7) is 0. The molecule has 0 bridgehead atoms. The zero-order valence-corrected chi connectivity index (χ0v) is 16.4. The first-order chi connectivity index (χ1) is 15.1. The average Bonchev–Trinajstić information content (AvgIpc) is 3.16. The van der Waals surface area contributed by atoms with Crippen molar-refractivity contribution >= 4 is 11.9 Å². The third-order valence-corrected chi connectivity index (χ3v) is 4.18. The summed E-state index contributed by atoms with van der Waals surface area (Å²) in [5.41, 5.74) is -2.06. The molecule has 0 fully saturated rings. The number of carbonyl (C=O) groups is 2. The second-order valence-corrected chi connectivity index (χ2v) is 6.09. The molecule has 0 unspecified atom stereocenters. The van der Waals surface area contributed by atoms with Crippen LogP contribution in [0, 0.1) is 11.6 Å². The molecule has 0 amide bonds. The van der Waals surface area contributed by atoms with E-state index in [4.69, 9.17) is 4.74 Å². The number of rotatable bonds is 5. The summed E-state index contributed by atoms with van der Waals surface area (Å²) in [6.07, 6.45) is -5.26. The van der Waals surface area contributed by atoms with Crippen molar-refractivity contribution in [2.75, 3.05) is 14.2 Å². The fourth-order valence-electron chi connectivity index (χ4n) is 2.86. The van der Waals surface area contributed by atoms with Gasteiger partial charge in [-0.05, 0) is 24.3 Å². The van der Waals surface area contributed by atoms with Crippen LogP contribution in [0.3, 0.4) is 0 Å². The van der Waals surface area contributed by atoms with Gasteiger partial charge in [0.25, 0.3) is 0 Å². The number of carbonyl (C=O) groups excluding carboxylic acids is 2. The predicted molar refractivity (Wildman–Crippen MR) is 98.3 cm³/mol. The number of hydrogen-bond donors (Lipinski definition) is 0. The van der Waals surface area contributed by atoms with Gasteiger partial charge in [-0.2, -0.15) is 9.49 Å². The lowest BCUT2D eigenvalue weighted by molar-refractivity contribution is -0.275. The van der Waals surface area contributed by atoms with Gasteiger partial charge < -0.3 is 14.2 Å². The first-order valence-corrected chi connectivity index (χ1v) is 8.68. The van der Waals surface area contributed by atoms with Gasteiger partial charge in [0.05, 0.1) is 19.9 Å². The van der Waals surface area contributed by atoms with E-state index in [-0.39, 0.29) is 5.69 Å². The van der Waals surface area contributed by atoms with Gasteiger partial charge in [0, 0.05) is 5.56 Å². The van der Waals surface area contributed by atoms with Gasteiger partial charge in [-0.15, -0.1) is 13.2 Å². The van der Waals surface area contributed by atoms with E-state index in [0.717, 1.165) is 25.0 Å². The molecule has 0 aliphatic heterocycles. The van der Waals surface area contributed by atoms with Crippen LogP contribution in [0.4, 0.5) is 22.0 Å². The van der Waals surface area contributed by atoms with Gasteiger partial charge in [0.1, 0.15) is 11.3 Å². The summed E-state index contributed by atoms with van der Waals surface area (Å²) in [5, 5.41) is 4.04. The minimum Gasteiger partial charge on any atom is -0.465 e. The number of benzene rings is 2. The van der Waals surface area contributed by atoms with E-state index in [1.54, 1.807) is 18.2 Å². The van der Waals surface area contributed by atoms with Crippen molar-refractivity contribution in [1.82, 2.24) is 9.78 Å². The van der Waals surface area contributed by atoms with E-state index in [0.29, 0.717) is 6.07 Å². The standard InChI is InChI=1S/C20H13F5N2O5/c1-30-18(28)13-16(11-8-9-12(15(22)14(11)21)32-20(23,24)25)26-27(17(13)19(29)31-2)10-6-4-3-5-7-10/h3-9H,1-2H3. The number of ether oxygens (including phenoxy) is 3. The highest BCUT2D eigenvalue weighted by Crippen LogP contribution is 2.35. The van der Waals surface area contributed by atoms with Crippen LogP contribution in [0.1, 0.15) is 20.8 Å². The van der Waals surface area contributed by atoms with Crippen molar-refractivity contribution in [3.8, 4) is 22.7 Å². The van der Waals surface area contributed by atoms with Gasteiger partial charge in [-0.25, -0.2) is 18.7 Å². The summed E-state index contributed by atoms with van der Waals surface area (Å²) in [4.78, 5) is 24.9. The van der Waals surface area contributed by atoms with E-state index in [9.17, 15) is 31.5 Å². The lowest BCUT2D eigenvalue weighted by Crippen LogP contribution is -2.18. The minimum absolute atomic E-state index is 0.252. The van der Waals surface area contributed by atoms with Crippen LogP contribution < -0.4 is 4.74 Å². The Morgan fingerprint density at radius 2 is 1.53 bits per heavy atom. The molecule has 0 aliphatic rings. The molecule has 12 heteroatoms. The molecule has 0 atom stereocenters. The van der Waals surface area contributed by atoms with Crippen LogP contribution in [-0.4, -0.2) is 42.3 Å². The molecule has 1 heterocycles. The maximum absolute atomic E-state index is 14.8. The summed E-state index contributed by atoms with van der Waals surface area (Å²) < 4.78 is 80.1. The van der Waals surface area contributed by atoms with Gasteiger partial charge in [-0.3, -0.25) is 0 Å². The van der Waals surface area contributed by atoms with E-state index >= 15 is 0 Å². The SMILES string of the molecule is COC(=O)c1c(-c2ccc(OC(F)(F)F)c(F)c2F)nn(-c2ccccc2)c1C(=O)OC. The van der Waals surface area contributed by atoms with Crippen molar-refractivity contribution in [3.05, 3.63) is 65.4 Å². The Balaban J connectivity index is 2.32. The molecular weight excluding hydrogens is 443 g/mol. The van der Waals surface area contributed by atoms with Crippen molar-refractivity contribution in [2.45, 2.75) is 6.36 Å². The molecule has 1 aromatic heterocycles. The molecule has 0 aliphatic carbocycles. The summed E-state index contributed by atoms with van der Waals surface area (Å²) in [5.74, 6) is -7.37. The van der Waals surface area contributed by atoms with E-state index in [1.807, 2.05) is 0 Å². The number of methoxy groups -OCH3 is 2. The topological polar surface area (TPSA) is 79.7 Å². The fraction of sp³-hybridized carbons (Fsp3) is 0.150. The predicted octanol–water partition coefficient (Wildman–Crippen LogP) is 4.29. The van der Waals surface area contributed by atoms with Crippen LogP contribution in [0.25, 0.3) is 16.9 Å². The lowest BCUT2D eigenvalue weighted by Gasteiger charge is -2.11. The molecule has 168 valence electrons. The Labute approximate surface area is 176 Å². The monoisotopic (exact) mass is 456 g/mol. The number of aromatic nitrogens is 2. The summed E-state index contributed by atoms with van der Waals surface area (Å²) >= 11 is 0. The maximum Gasteiger partial charge on any atom is 0.573 e. The molecule has 0 saturated carbocycles.